The second kappa shape index (κ2) is 10.8. The molecule has 0 aliphatic rings. The number of rotatable bonds is 9. The van der Waals surface area contributed by atoms with Crippen LogP contribution in [0.3, 0.4) is 0 Å². The summed E-state index contributed by atoms with van der Waals surface area (Å²) in [6, 6.07) is 9.92. The number of halogens is 1. The van der Waals surface area contributed by atoms with Gasteiger partial charge in [0, 0.05) is 11.6 Å². The molecular weight excluding hydrogens is 354 g/mol. The number of aryl methyl sites for hydroxylation is 1. The van der Waals surface area contributed by atoms with Crippen LogP contribution in [0.4, 0.5) is 0 Å². The number of nitrogens with two attached hydrogens (primary N) is 1. The van der Waals surface area contributed by atoms with E-state index in [-0.39, 0.29) is 12.4 Å². The van der Waals surface area contributed by atoms with E-state index in [4.69, 9.17) is 24.7 Å². The summed E-state index contributed by atoms with van der Waals surface area (Å²) in [6.07, 6.45) is 2.44. The number of hydrogen-bond donors (Lipinski definition) is 1. The van der Waals surface area contributed by atoms with E-state index in [9.17, 15) is 0 Å². The van der Waals surface area contributed by atoms with Gasteiger partial charge in [0.15, 0.2) is 11.5 Å². The van der Waals surface area contributed by atoms with Gasteiger partial charge in [0.1, 0.15) is 11.5 Å². The van der Waals surface area contributed by atoms with Gasteiger partial charge in [-0.25, -0.2) is 0 Å². The number of benzene rings is 2. The van der Waals surface area contributed by atoms with Gasteiger partial charge < -0.3 is 24.7 Å². The number of ether oxygens (including phenoxy) is 4. The molecule has 0 saturated heterocycles. The average molecular weight is 382 g/mol. The summed E-state index contributed by atoms with van der Waals surface area (Å²) in [6.45, 7) is 0.593. The normalized spacial score (nSPS) is 10.0. The molecule has 0 aliphatic heterocycles. The third kappa shape index (κ3) is 5.19. The van der Waals surface area contributed by atoms with Crippen LogP contribution in [-0.4, -0.2) is 35.0 Å². The van der Waals surface area contributed by atoms with Crippen LogP contribution in [0.2, 0.25) is 0 Å². The zero-order chi connectivity index (χ0) is 18.2. The molecule has 2 aromatic carbocycles. The Hall–Kier alpha value is -2.11. The highest BCUT2D eigenvalue weighted by atomic mass is 35.5. The molecule has 26 heavy (non-hydrogen) atoms. The van der Waals surface area contributed by atoms with Crippen molar-refractivity contribution in [2.24, 2.45) is 5.73 Å². The first kappa shape index (κ1) is 21.9. The standard InChI is InChI=1S/C20H27NO4.ClH/c1-22-16-11-14(12-17(13-16)23-2)5-7-18-15(9-10-21)6-8-19(24-3)20(18)25-4;/h6,8,11-13H,5,7,9-10,21H2,1-4H3;1H. The second-order valence-corrected chi connectivity index (χ2v) is 5.70. The molecule has 0 aromatic heterocycles. The maximum absolute atomic E-state index is 5.77. The van der Waals surface area contributed by atoms with Gasteiger partial charge in [-0.2, -0.15) is 0 Å². The Morgan fingerprint density at radius 3 is 1.92 bits per heavy atom. The van der Waals surface area contributed by atoms with Gasteiger partial charge in [-0.1, -0.05) is 6.07 Å². The Morgan fingerprint density at radius 1 is 0.769 bits per heavy atom. The third-order valence-electron chi connectivity index (χ3n) is 4.23. The Bertz CT molecular complexity index is 684. The summed E-state index contributed by atoms with van der Waals surface area (Å²) in [7, 11) is 6.63. The van der Waals surface area contributed by atoms with Crippen molar-refractivity contribution in [3.63, 3.8) is 0 Å². The van der Waals surface area contributed by atoms with E-state index in [1.165, 1.54) is 5.56 Å². The lowest BCUT2D eigenvalue weighted by Crippen LogP contribution is -2.08. The van der Waals surface area contributed by atoms with Crippen molar-refractivity contribution < 1.29 is 18.9 Å². The monoisotopic (exact) mass is 381 g/mol. The topological polar surface area (TPSA) is 62.9 Å². The molecule has 0 amide bonds. The summed E-state index contributed by atoms with van der Waals surface area (Å²) in [5.41, 5.74) is 9.23. The Labute approximate surface area is 161 Å². The zero-order valence-electron chi connectivity index (χ0n) is 15.8. The van der Waals surface area contributed by atoms with E-state index in [0.717, 1.165) is 53.4 Å². The van der Waals surface area contributed by atoms with Crippen LogP contribution in [0.25, 0.3) is 0 Å². The summed E-state index contributed by atoms with van der Waals surface area (Å²) < 4.78 is 21.8. The van der Waals surface area contributed by atoms with Gasteiger partial charge in [-0.05, 0) is 55.1 Å². The lowest BCUT2D eigenvalue weighted by atomic mass is 9.96. The summed E-state index contributed by atoms with van der Waals surface area (Å²) in [5.74, 6) is 3.09. The molecule has 5 nitrogen and oxygen atoms in total. The molecule has 2 aromatic rings. The highest BCUT2D eigenvalue weighted by molar-refractivity contribution is 5.85. The number of hydrogen-bond acceptors (Lipinski definition) is 5. The van der Waals surface area contributed by atoms with Crippen LogP contribution < -0.4 is 24.7 Å². The zero-order valence-corrected chi connectivity index (χ0v) is 16.7. The molecule has 0 atom stereocenters. The van der Waals surface area contributed by atoms with E-state index >= 15 is 0 Å². The maximum atomic E-state index is 5.77. The molecule has 0 saturated carbocycles. The van der Waals surface area contributed by atoms with Gasteiger partial charge in [0.25, 0.3) is 0 Å². The molecule has 2 rings (SSSR count). The highest BCUT2D eigenvalue weighted by Gasteiger charge is 2.15. The molecule has 0 unspecified atom stereocenters. The van der Waals surface area contributed by atoms with Gasteiger partial charge in [-0.15, -0.1) is 12.4 Å². The lowest BCUT2D eigenvalue weighted by Gasteiger charge is -2.17. The van der Waals surface area contributed by atoms with Crippen LogP contribution in [0.5, 0.6) is 23.0 Å². The predicted octanol–water partition coefficient (Wildman–Crippen LogP) is 3.43. The number of methoxy groups -OCH3 is 4. The van der Waals surface area contributed by atoms with Gasteiger partial charge in [0.2, 0.25) is 0 Å². The fraction of sp³-hybridized carbons (Fsp3) is 0.400. The minimum absolute atomic E-state index is 0. The Morgan fingerprint density at radius 2 is 1.42 bits per heavy atom. The van der Waals surface area contributed by atoms with Crippen LogP contribution >= 0.6 is 12.4 Å². The molecule has 0 spiro atoms. The van der Waals surface area contributed by atoms with Gasteiger partial charge in [-0.3, -0.25) is 0 Å². The Kier molecular flexibility index (Phi) is 9.10. The fourth-order valence-corrected chi connectivity index (χ4v) is 2.98. The molecule has 0 fully saturated rings. The van der Waals surface area contributed by atoms with Crippen molar-refractivity contribution in [2.45, 2.75) is 19.3 Å². The largest absolute Gasteiger partial charge is 0.497 e. The van der Waals surface area contributed by atoms with Crippen molar-refractivity contribution in [3.05, 3.63) is 47.0 Å². The fourth-order valence-electron chi connectivity index (χ4n) is 2.98. The second-order valence-electron chi connectivity index (χ2n) is 5.70. The van der Waals surface area contributed by atoms with Crippen molar-refractivity contribution in [1.29, 1.82) is 0 Å². The molecule has 6 heteroatoms. The molecule has 0 radical (unpaired) electrons. The minimum Gasteiger partial charge on any atom is -0.497 e. The highest BCUT2D eigenvalue weighted by Crippen LogP contribution is 2.35. The Balaban J connectivity index is 0.00000338. The van der Waals surface area contributed by atoms with Crippen molar-refractivity contribution >= 4 is 12.4 Å². The van der Waals surface area contributed by atoms with Crippen LogP contribution in [0.1, 0.15) is 16.7 Å². The van der Waals surface area contributed by atoms with E-state index in [0.29, 0.717) is 6.54 Å². The summed E-state index contributed by atoms with van der Waals surface area (Å²) in [5, 5.41) is 0. The molecule has 2 N–H and O–H groups in total. The molecule has 144 valence electrons. The van der Waals surface area contributed by atoms with Crippen molar-refractivity contribution in [2.75, 3.05) is 35.0 Å². The van der Waals surface area contributed by atoms with Crippen molar-refractivity contribution in [3.8, 4) is 23.0 Å². The maximum Gasteiger partial charge on any atom is 0.164 e. The van der Waals surface area contributed by atoms with Crippen LogP contribution in [-0.2, 0) is 19.3 Å². The van der Waals surface area contributed by atoms with Crippen molar-refractivity contribution in [1.82, 2.24) is 0 Å². The van der Waals surface area contributed by atoms with Gasteiger partial charge in [0.05, 0.1) is 28.4 Å². The SMILES string of the molecule is COc1cc(CCc2c(CCN)ccc(OC)c2OC)cc(OC)c1.Cl. The predicted molar refractivity (Wildman–Crippen MR) is 107 cm³/mol. The molecule has 0 bridgehead atoms. The summed E-state index contributed by atoms with van der Waals surface area (Å²) in [4.78, 5) is 0. The average Bonchev–Trinajstić information content (AvgIpc) is 2.66. The van der Waals surface area contributed by atoms with E-state index in [2.05, 4.69) is 6.07 Å². The minimum atomic E-state index is 0. The first-order chi connectivity index (χ1) is 12.2. The van der Waals surface area contributed by atoms with E-state index in [1.54, 1.807) is 28.4 Å². The lowest BCUT2D eigenvalue weighted by molar-refractivity contribution is 0.351. The summed E-state index contributed by atoms with van der Waals surface area (Å²) >= 11 is 0. The van der Waals surface area contributed by atoms with E-state index < -0.39 is 0 Å². The molecule has 0 heterocycles. The first-order valence-electron chi connectivity index (χ1n) is 8.31. The third-order valence-corrected chi connectivity index (χ3v) is 4.23. The van der Waals surface area contributed by atoms with E-state index in [1.807, 2.05) is 24.3 Å². The first-order valence-corrected chi connectivity index (χ1v) is 8.31. The quantitative estimate of drug-likeness (QED) is 0.721. The van der Waals surface area contributed by atoms with Crippen LogP contribution in [0.15, 0.2) is 30.3 Å². The molecule has 0 aliphatic carbocycles. The van der Waals surface area contributed by atoms with Crippen LogP contribution in [0, 0.1) is 0 Å². The van der Waals surface area contributed by atoms with Gasteiger partial charge >= 0.3 is 0 Å². The molecular formula is C20H28ClNO4. The smallest absolute Gasteiger partial charge is 0.164 e.